The summed E-state index contributed by atoms with van der Waals surface area (Å²) < 4.78 is 0. The SMILES string of the molecule is CC/C=C\C[C@]1(O)C(=O)CC[C@@H]1CC(=O)N[C@H](C(=O)O)[C@H](C)CC. The summed E-state index contributed by atoms with van der Waals surface area (Å²) in [6, 6.07) is -0.951. The van der Waals surface area contributed by atoms with Crippen LogP contribution in [0.15, 0.2) is 12.2 Å². The predicted molar refractivity (Wildman–Crippen MR) is 90.4 cm³/mol. The van der Waals surface area contributed by atoms with Crippen molar-refractivity contribution in [3.8, 4) is 0 Å². The third-order valence-electron chi connectivity index (χ3n) is 4.94. The summed E-state index contributed by atoms with van der Waals surface area (Å²) in [5.74, 6) is -2.40. The Balaban J connectivity index is 2.75. The van der Waals surface area contributed by atoms with Gasteiger partial charge in [-0.15, -0.1) is 0 Å². The second kappa shape index (κ2) is 8.97. The van der Waals surface area contributed by atoms with Crippen molar-refractivity contribution in [2.75, 3.05) is 0 Å². The number of Topliss-reactive ketones (excluding diaryl/α,β-unsaturated/α-hetero) is 1. The van der Waals surface area contributed by atoms with Crippen LogP contribution in [-0.2, 0) is 14.4 Å². The van der Waals surface area contributed by atoms with E-state index in [0.29, 0.717) is 12.8 Å². The monoisotopic (exact) mass is 339 g/mol. The summed E-state index contributed by atoms with van der Waals surface area (Å²) in [6.07, 6.45) is 5.95. The Morgan fingerprint density at radius 1 is 1.38 bits per heavy atom. The Hall–Kier alpha value is -1.69. The van der Waals surface area contributed by atoms with Crippen LogP contribution >= 0.6 is 0 Å². The van der Waals surface area contributed by atoms with Gasteiger partial charge in [-0.3, -0.25) is 9.59 Å². The van der Waals surface area contributed by atoms with Crippen LogP contribution in [0.2, 0.25) is 0 Å². The summed E-state index contributed by atoms with van der Waals surface area (Å²) in [5, 5.41) is 22.5. The molecule has 0 aromatic heterocycles. The summed E-state index contributed by atoms with van der Waals surface area (Å²) in [4.78, 5) is 35.6. The predicted octanol–water partition coefficient (Wildman–Crippen LogP) is 2.06. The molecule has 1 aliphatic rings. The van der Waals surface area contributed by atoms with Crippen molar-refractivity contribution in [3.05, 3.63) is 12.2 Å². The molecule has 0 heterocycles. The fourth-order valence-corrected chi connectivity index (χ4v) is 3.11. The molecule has 0 bridgehead atoms. The Kier molecular flexibility index (Phi) is 7.60. The molecule has 4 atom stereocenters. The van der Waals surface area contributed by atoms with Gasteiger partial charge in [0.15, 0.2) is 5.78 Å². The summed E-state index contributed by atoms with van der Waals surface area (Å²) >= 11 is 0. The van der Waals surface area contributed by atoms with Gasteiger partial charge in [0.2, 0.25) is 5.91 Å². The molecule has 0 aromatic carbocycles. The third-order valence-corrected chi connectivity index (χ3v) is 4.94. The van der Waals surface area contributed by atoms with Gasteiger partial charge in [-0.1, -0.05) is 39.3 Å². The number of amides is 1. The maximum absolute atomic E-state index is 12.2. The highest BCUT2D eigenvalue weighted by atomic mass is 16.4. The van der Waals surface area contributed by atoms with Gasteiger partial charge in [-0.2, -0.15) is 0 Å². The van der Waals surface area contributed by atoms with E-state index in [1.807, 2.05) is 19.9 Å². The highest BCUT2D eigenvalue weighted by Gasteiger charge is 2.48. The van der Waals surface area contributed by atoms with Crippen molar-refractivity contribution in [3.63, 3.8) is 0 Å². The number of hydrogen-bond donors (Lipinski definition) is 3. The molecule has 136 valence electrons. The minimum Gasteiger partial charge on any atom is -0.480 e. The van der Waals surface area contributed by atoms with Crippen molar-refractivity contribution in [2.45, 2.75) is 70.9 Å². The molecule has 0 unspecified atom stereocenters. The van der Waals surface area contributed by atoms with Crippen LogP contribution in [-0.4, -0.2) is 39.5 Å². The number of carbonyl (C=O) groups excluding carboxylic acids is 2. The first kappa shape index (κ1) is 20.4. The van der Waals surface area contributed by atoms with Crippen molar-refractivity contribution in [2.24, 2.45) is 11.8 Å². The lowest BCUT2D eigenvalue weighted by molar-refractivity contribution is -0.144. The number of aliphatic carboxylic acids is 1. The first-order valence-corrected chi connectivity index (χ1v) is 8.69. The number of hydrogen-bond acceptors (Lipinski definition) is 4. The molecule has 0 saturated heterocycles. The van der Waals surface area contributed by atoms with E-state index in [4.69, 9.17) is 0 Å². The van der Waals surface area contributed by atoms with E-state index in [-0.39, 0.29) is 31.0 Å². The van der Waals surface area contributed by atoms with Crippen molar-refractivity contribution in [1.29, 1.82) is 0 Å². The van der Waals surface area contributed by atoms with Gasteiger partial charge in [-0.25, -0.2) is 4.79 Å². The van der Waals surface area contributed by atoms with E-state index < -0.39 is 29.4 Å². The maximum atomic E-state index is 12.2. The van der Waals surface area contributed by atoms with E-state index >= 15 is 0 Å². The second-order valence-electron chi connectivity index (χ2n) is 6.64. The normalized spacial score (nSPS) is 26.5. The zero-order valence-electron chi connectivity index (χ0n) is 14.7. The molecule has 6 heteroatoms. The van der Waals surface area contributed by atoms with Crippen molar-refractivity contribution in [1.82, 2.24) is 5.32 Å². The molecule has 0 spiro atoms. The molecule has 1 rings (SSSR count). The fraction of sp³-hybridized carbons (Fsp3) is 0.722. The standard InChI is InChI=1S/C18H29NO5/c1-4-6-7-10-18(24)13(8-9-14(18)20)11-15(21)19-16(17(22)23)12(3)5-2/h6-7,12-13,16,24H,4-5,8-11H2,1-3H3,(H,19,21)(H,22,23)/b7-6-/t12-,13-,16+,18-/m1/s1. The van der Waals surface area contributed by atoms with Crippen LogP contribution in [0.5, 0.6) is 0 Å². The number of ketones is 1. The average Bonchev–Trinajstić information content (AvgIpc) is 2.80. The van der Waals surface area contributed by atoms with Gasteiger partial charge in [0, 0.05) is 25.2 Å². The van der Waals surface area contributed by atoms with Crippen LogP contribution in [0.25, 0.3) is 0 Å². The van der Waals surface area contributed by atoms with Crippen LogP contribution in [0.4, 0.5) is 0 Å². The van der Waals surface area contributed by atoms with Gasteiger partial charge in [0.1, 0.15) is 11.6 Å². The first-order chi connectivity index (χ1) is 11.3. The van der Waals surface area contributed by atoms with E-state index in [0.717, 1.165) is 6.42 Å². The number of aliphatic hydroxyl groups is 1. The first-order valence-electron chi connectivity index (χ1n) is 8.69. The molecule has 1 amide bonds. The molecule has 0 aliphatic heterocycles. The Bertz CT molecular complexity index is 502. The number of rotatable bonds is 9. The molecule has 3 N–H and O–H groups in total. The lowest BCUT2D eigenvalue weighted by Crippen LogP contribution is -2.47. The van der Waals surface area contributed by atoms with Gasteiger partial charge < -0.3 is 15.5 Å². The van der Waals surface area contributed by atoms with Crippen LogP contribution in [0.1, 0.15) is 59.3 Å². The van der Waals surface area contributed by atoms with Gasteiger partial charge in [0.05, 0.1) is 0 Å². The minimum absolute atomic E-state index is 0.0393. The molecule has 1 fully saturated rings. The number of carbonyl (C=O) groups is 3. The smallest absolute Gasteiger partial charge is 0.326 e. The summed E-state index contributed by atoms with van der Waals surface area (Å²) in [6.45, 7) is 5.59. The number of allylic oxidation sites excluding steroid dienone is 1. The number of carboxylic acid groups (broad SMARTS) is 1. The zero-order chi connectivity index (χ0) is 18.3. The largest absolute Gasteiger partial charge is 0.480 e. The molecular formula is C18H29NO5. The summed E-state index contributed by atoms with van der Waals surface area (Å²) in [7, 11) is 0. The van der Waals surface area contributed by atoms with E-state index in [9.17, 15) is 24.6 Å². The Morgan fingerprint density at radius 3 is 2.58 bits per heavy atom. The molecule has 1 aliphatic carbocycles. The summed E-state index contributed by atoms with van der Waals surface area (Å²) in [5.41, 5.74) is -1.52. The van der Waals surface area contributed by atoms with Gasteiger partial charge in [0.25, 0.3) is 0 Å². The average molecular weight is 339 g/mol. The highest BCUT2D eigenvalue weighted by Crippen LogP contribution is 2.38. The molecule has 24 heavy (non-hydrogen) atoms. The minimum atomic E-state index is -1.52. The third kappa shape index (κ3) is 4.90. The molecule has 6 nitrogen and oxygen atoms in total. The van der Waals surface area contributed by atoms with Crippen LogP contribution < -0.4 is 5.32 Å². The van der Waals surface area contributed by atoms with E-state index in [1.165, 1.54) is 0 Å². The molecule has 0 radical (unpaired) electrons. The quantitative estimate of drug-likeness (QED) is 0.558. The number of nitrogens with one attached hydrogen (secondary N) is 1. The van der Waals surface area contributed by atoms with E-state index in [2.05, 4.69) is 5.32 Å². The molecule has 0 aromatic rings. The molecular weight excluding hydrogens is 310 g/mol. The highest BCUT2D eigenvalue weighted by molar-refractivity contribution is 5.91. The zero-order valence-corrected chi connectivity index (χ0v) is 14.7. The Morgan fingerprint density at radius 2 is 2.04 bits per heavy atom. The topological polar surface area (TPSA) is 104 Å². The molecule has 1 saturated carbocycles. The lowest BCUT2D eigenvalue weighted by atomic mass is 9.84. The lowest BCUT2D eigenvalue weighted by Gasteiger charge is -2.28. The number of carboxylic acids is 1. The second-order valence-corrected chi connectivity index (χ2v) is 6.64. The van der Waals surface area contributed by atoms with Crippen LogP contribution in [0, 0.1) is 11.8 Å². The van der Waals surface area contributed by atoms with Crippen molar-refractivity contribution >= 4 is 17.7 Å². The van der Waals surface area contributed by atoms with Crippen molar-refractivity contribution < 1.29 is 24.6 Å². The Labute approximate surface area is 143 Å². The van der Waals surface area contributed by atoms with Gasteiger partial charge >= 0.3 is 5.97 Å². The maximum Gasteiger partial charge on any atom is 0.326 e. The van der Waals surface area contributed by atoms with Crippen LogP contribution in [0.3, 0.4) is 0 Å². The fourth-order valence-electron chi connectivity index (χ4n) is 3.11. The van der Waals surface area contributed by atoms with Gasteiger partial charge in [-0.05, 0) is 18.8 Å². The van der Waals surface area contributed by atoms with E-state index in [1.54, 1.807) is 13.0 Å².